The Hall–Kier alpha value is -2.49. The molecule has 2 aromatic carbocycles. The summed E-state index contributed by atoms with van der Waals surface area (Å²) in [6.45, 7) is 1.68. The number of phenols is 2. The van der Waals surface area contributed by atoms with Gasteiger partial charge in [0.05, 0.1) is 7.11 Å². The Morgan fingerprint density at radius 2 is 1.75 bits per heavy atom. The molecule has 0 saturated heterocycles. The summed E-state index contributed by atoms with van der Waals surface area (Å²) in [6.07, 6.45) is 0.106. The number of hydrogen-bond acceptors (Lipinski definition) is 4. The van der Waals surface area contributed by atoms with Gasteiger partial charge in [-0.15, -0.1) is 0 Å². The van der Waals surface area contributed by atoms with E-state index < -0.39 is 0 Å². The molecule has 2 aromatic rings. The Balaban J connectivity index is 2.26. The first-order valence-corrected chi connectivity index (χ1v) is 6.20. The predicted molar refractivity (Wildman–Crippen MR) is 75.5 cm³/mol. The number of Topliss-reactive ketones (excluding diaryl/α,β-unsaturated/α-hetero) is 1. The van der Waals surface area contributed by atoms with Crippen molar-refractivity contribution in [1.29, 1.82) is 0 Å². The summed E-state index contributed by atoms with van der Waals surface area (Å²) >= 11 is 0. The van der Waals surface area contributed by atoms with Crippen LogP contribution in [0.1, 0.15) is 21.5 Å². The number of hydrogen-bond donors (Lipinski definition) is 2. The molecule has 4 heteroatoms. The molecule has 2 N–H and O–H groups in total. The number of carbonyl (C=O) groups excluding carboxylic acids is 1. The summed E-state index contributed by atoms with van der Waals surface area (Å²) in [6, 6.07) is 10.1. The molecule has 0 radical (unpaired) electrons. The van der Waals surface area contributed by atoms with Gasteiger partial charge in [0.1, 0.15) is 22.8 Å². The van der Waals surface area contributed by atoms with Crippen LogP contribution in [0.3, 0.4) is 0 Å². The number of methoxy groups -OCH3 is 1. The molecule has 0 saturated carbocycles. The SMILES string of the molecule is COc1ccc(CC(=O)c2c(O)ccc(C)c2O)cc1. The summed E-state index contributed by atoms with van der Waals surface area (Å²) in [5.41, 5.74) is 1.32. The van der Waals surface area contributed by atoms with Crippen LogP contribution in [0.15, 0.2) is 36.4 Å². The standard InChI is InChI=1S/C16H16O4/c1-10-3-8-13(17)15(16(10)19)14(18)9-11-4-6-12(20-2)7-5-11/h3-8,17,19H,9H2,1-2H3. The van der Waals surface area contributed by atoms with Gasteiger partial charge >= 0.3 is 0 Å². The molecule has 0 fully saturated rings. The van der Waals surface area contributed by atoms with E-state index in [1.54, 1.807) is 44.4 Å². The van der Waals surface area contributed by atoms with Crippen LogP contribution in [-0.4, -0.2) is 23.1 Å². The maximum Gasteiger partial charge on any atom is 0.174 e. The Labute approximate surface area is 117 Å². The second-order valence-corrected chi connectivity index (χ2v) is 4.57. The van der Waals surface area contributed by atoms with Gasteiger partial charge in [-0.05, 0) is 36.2 Å². The third kappa shape index (κ3) is 2.74. The minimum atomic E-state index is -0.325. The van der Waals surface area contributed by atoms with Crippen LogP contribution in [0.4, 0.5) is 0 Å². The third-order valence-electron chi connectivity index (χ3n) is 3.16. The molecule has 4 nitrogen and oxygen atoms in total. The largest absolute Gasteiger partial charge is 0.507 e. The number of aromatic hydroxyl groups is 2. The smallest absolute Gasteiger partial charge is 0.174 e. The van der Waals surface area contributed by atoms with Crippen LogP contribution in [0.5, 0.6) is 17.2 Å². The minimum Gasteiger partial charge on any atom is -0.507 e. The molecule has 0 spiro atoms. The Morgan fingerprint density at radius 1 is 1.10 bits per heavy atom. The van der Waals surface area contributed by atoms with Crippen LogP contribution in [0.25, 0.3) is 0 Å². The molecular weight excluding hydrogens is 256 g/mol. The topological polar surface area (TPSA) is 66.8 Å². The van der Waals surface area contributed by atoms with Crippen molar-refractivity contribution in [3.8, 4) is 17.2 Å². The molecule has 104 valence electrons. The number of aryl methyl sites for hydroxylation is 1. The predicted octanol–water partition coefficient (Wildman–Crippen LogP) is 2.84. The van der Waals surface area contributed by atoms with Crippen molar-refractivity contribution in [2.75, 3.05) is 7.11 Å². The van der Waals surface area contributed by atoms with Gasteiger partial charge in [-0.1, -0.05) is 18.2 Å². The number of phenolic OH excluding ortho intramolecular Hbond substituents is 2. The Bertz CT molecular complexity index is 630. The van der Waals surface area contributed by atoms with E-state index in [1.807, 2.05) is 0 Å². The normalized spacial score (nSPS) is 10.3. The van der Waals surface area contributed by atoms with Gasteiger partial charge in [-0.2, -0.15) is 0 Å². The molecule has 0 heterocycles. The molecule has 0 bridgehead atoms. The minimum absolute atomic E-state index is 0.0270. The molecular formula is C16H16O4. The van der Waals surface area contributed by atoms with E-state index in [0.29, 0.717) is 11.3 Å². The summed E-state index contributed by atoms with van der Waals surface area (Å²) in [7, 11) is 1.57. The van der Waals surface area contributed by atoms with E-state index in [1.165, 1.54) is 6.07 Å². The number of carbonyl (C=O) groups is 1. The summed E-state index contributed by atoms with van der Waals surface area (Å²) in [4.78, 5) is 12.2. The van der Waals surface area contributed by atoms with Crippen LogP contribution in [-0.2, 0) is 6.42 Å². The number of rotatable bonds is 4. The maximum absolute atomic E-state index is 12.2. The second kappa shape index (κ2) is 5.65. The van der Waals surface area contributed by atoms with Crippen molar-refractivity contribution >= 4 is 5.78 Å². The molecule has 0 unspecified atom stereocenters. The van der Waals surface area contributed by atoms with Gasteiger partial charge in [-0.25, -0.2) is 0 Å². The van der Waals surface area contributed by atoms with Gasteiger partial charge < -0.3 is 14.9 Å². The highest BCUT2D eigenvalue weighted by Gasteiger charge is 2.18. The lowest BCUT2D eigenvalue weighted by molar-refractivity contribution is 0.0987. The monoisotopic (exact) mass is 272 g/mol. The van der Waals surface area contributed by atoms with E-state index in [4.69, 9.17) is 4.74 Å². The Morgan fingerprint density at radius 3 is 2.35 bits per heavy atom. The third-order valence-corrected chi connectivity index (χ3v) is 3.16. The lowest BCUT2D eigenvalue weighted by atomic mass is 9.99. The average molecular weight is 272 g/mol. The highest BCUT2D eigenvalue weighted by atomic mass is 16.5. The first kappa shape index (κ1) is 13.9. The van der Waals surface area contributed by atoms with Gasteiger partial charge in [0.2, 0.25) is 0 Å². The molecule has 0 aliphatic carbocycles. The zero-order valence-electron chi connectivity index (χ0n) is 11.4. The van der Waals surface area contributed by atoms with Crippen LogP contribution < -0.4 is 4.74 Å². The van der Waals surface area contributed by atoms with E-state index in [-0.39, 0.29) is 29.3 Å². The molecule has 20 heavy (non-hydrogen) atoms. The fourth-order valence-electron chi connectivity index (χ4n) is 1.98. The van der Waals surface area contributed by atoms with Crippen LogP contribution >= 0.6 is 0 Å². The van der Waals surface area contributed by atoms with Crippen LogP contribution in [0, 0.1) is 6.92 Å². The number of ether oxygens (including phenoxy) is 1. The quantitative estimate of drug-likeness (QED) is 0.840. The van der Waals surface area contributed by atoms with Crippen molar-refractivity contribution in [2.45, 2.75) is 13.3 Å². The van der Waals surface area contributed by atoms with Crippen molar-refractivity contribution < 1.29 is 19.7 Å². The van der Waals surface area contributed by atoms with E-state index >= 15 is 0 Å². The summed E-state index contributed by atoms with van der Waals surface area (Å²) < 4.78 is 5.05. The summed E-state index contributed by atoms with van der Waals surface area (Å²) in [5, 5.41) is 19.7. The highest BCUT2D eigenvalue weighted by Crippen LogP contribution is 2.31. The molecule has 2 rings (SSSR count). The van der Waals surface area contributed by atoms with Gasteiger partial charge in [0.15, 0.2) is 5.78 Å². The zero-order chi connectivity index (χ0) is 14.7. The fraction of sp³-hybridized carbons (Fsp3) is 0.188. The van der Waals surface area contributed by atoms with Crippen molar-refractivity contribution in [3.05, 3.63) is 53.1 Å². The molecule has 0 atom stereocenters. The zero-order valence-corrected chi connectivity index (χ0v) is 11.4. The van der Waals surface area contributed by atoms with Gasteiger partial charge in [0.25, 0.3) is 0 Å². The first-order valence-electron chi connectivity index (χ1n) is 6.20. The van der Waals surface area contributed by atoms with Gasteiger partial charge in [0, 0.05) is 6.42 Å². The molecule has 0 aliphatic heterocycles. The molecule has 0 amide bonds. The maximum atomic E-state index is 12.2. The number of ketones is 1. The Kier molecular flexibility index (Phi) is 3.94. The van der Waals surface area contributed by atoms with E-state index in [0.717, 1.165) is 5.56 Å². The molecule has 0 aliphatic rings. The lowest BCUT2D eigenvalue weighted by Gasteiger charge is -2.09. The van der Waals surface area contributed by atoms with Crippen molar-refractivity contribution in [2.24, 2.45) is 0 Å². The second-order valence-electron chi connectivity index (χ2n) is 4.57. The fourth-order valence-corrected chi connectivity index (χ4v) is 1.98. The van der Waals surface area contributed by atoms with Crippen molar-refractivity contribution in [1.82, 2.24) is 0 Å². The van der Waals surface area contributed by atoms with Crippen LogP contribution in [0.2, 0.25) is 0 Å². The first-order chi connectivity index (χ1) is 9.52. The lowest BCUT2D eigenvalue weighted by Crippen LogP contribution is -2.05. The van der Waals surface area contributed by atoms with E-state index in [9.17, 15) is 15.0 Å². The average Bonchev–Trinajstić information content (AvgIpc) is 2.44. The van der Waals surface area contributed by atoms with E-state index in [2.05, 4.69) is 0 Å². The highest BCUT2D eigenvalue weighted by molar-refractivity contribution is 6.02. The number of benzene rings is 2. The van der Waals surface area contributed by atoms with Gasteiger partial charge in [-0.3, -0.25) is 4.79 Å². The summed E-state index contributed by atoms with van der Waals surface area (Å²) in [5.74, 6) is 0.0199. The van der Waals surface area contributed by atoms with Crippen molar-refractivity contribution in [3.63, 3.8) is 0 Å². The molecule has 0 aromatic heterocycles.